The van der Waals surface area contributed by atoms with Crippen LogP contribution in [0.15, 0.2) is 41.8 Å². The summed E-state index contributed by atoms with van der Waals surface area (Å²) in [6.07, 6.45) is 0.388. The number of carbonyl (C=O) groups is 2. The summed E-state index contributed by atoms with van der Waals surface area (Å²) in [6, 6.07) is 11.1. The Morgan fingerprint density at radius 1 is 1.16 bits per heavy atom. The molecule has 25 heavy (non-hydrogen) atoms. The van der Waals surface area contributed by atoms with Gasteiger partial charge in [-0.1, -0.05) is 6.07 Å². The average molecular weight is 360 g/mol. The second kappa shape index (κ2) is 9.34. The number of amides is 1. The van der Waals surface area contributed by atoms with Crippen molar-refractivity contribution in [2.24, 2.45) is 0 Å². The monoisotopic (exact) mass is 360 g/mol. The van der Waals surface area contributed by atoms with Crippen LogP contribution in [0.25, 0.3) is 0 Å². The lowest BCUT2D eigenvalue weighted by Crippen LogP contribution is -2.34. The highest BCUT2D eigenvalue weighted by molar-refractivity contribution is 7.10. The summed E-state index contributed by atoms with van der Waals surface area (Å²) < 4.78 is 5.07. The van der Waals surface area contributed by atoms with E-state index in [-0.39, 0.29) is 30.6 Å². The van der Waals surface area contributed by atoms with Gasteiger partial charge in [0, 0.05) is 29.8 Å². The van der Waals surface area contributed by atoms with E-state index in [1.165, 1.54) is 4.88 Å². The van der Waals surface area contributed by atoms with Gasteiger partial charge in [0.2, 0.25) is 5.91 Å². The smallest absolute Gasteiger partial charge is 0.220 e. The molecular weight excluding hydrogens is 336 g/mol. The summed E-state index contributed by atoms with van der Waals surface area (Å²) in [7, 11) is 5.56. The number of ketones is 1. The van der Waals surface area contributed by atoms with Crippen LogP contribution >= 0.6 is 11.3 Å². The maximum absolute atomic E-state index is 12.2. The Labute approximate surface area is 152 Å². The van der Waals surface area contributed by atoms with Crippen LogP contribution in [-0.2, 0) is 4.79 Å². The fourth-order valence-electron chi connectivity index (χ4n) is 2.47. The molecule has 0 spiro atoms. The molecule has 1 heterocycles. The molecule has 0 bridgehead atoms. The van der Waals surface area contributed by atoms with E-state index in [0.29, 0.717) is 17.9 Å². The number of carbonyl (C=O) groups excluding carboxylic acids is 2. The van der Waals surface area contributed by atoms with Gasteiger partial charge in [-0.15, -0.1) is 11.3 Å². The summed E-state index contributed by atoms with van der Waals surface area (Å²) in [6.45, 7) is 0.531. The van der Waals surface area contributed by atoms with Gasteiger partial charge in [0.15, 0.2) is 5.78 Å². The number of likely N-dealkylation sites (N-methyl/N-ethyl adjacent to an activating group) is 1. The van der Waals surface area contributed by atoms with Crippen LogP contribution in [0.2, 0.25) is 0 Å². The minimum Gasteiger partial charge on any atom is -0.497 e. The molecule has 0 aliphatic carbocycles. The number of hydrogen-bond donors (Lipinski definition) is 1. The summed E-state index contributed by atoms with van der Waals surface area (Å²) >= 11 is 1.67. The van der Waals surface area contributed by atoms with Crippen LogP contribution in [0.1, 0.15) is 34.1 Å². The molecule has 1 atom stereocenters. The lowest BCUT2D eigenvalue weighted by atomic mass is 10.1. The number of nitrogens with one attached hydrogen (secondary N) is 1. The quantitative estimate of drug-likeness (QED) is 0.698. The minimum absolute atomic E-state index is 0.0415. The Kier molecular flexibility index (Phi) is 7.16. The first kappa shape index (κ1) is 19.1. The van der Waals surface area contributed by atoms with Gasteiger partial charge in [-0.3, -0.25) is 9.59 Å². The first-order valence-electron chi connectivity index (χ1n) is 8.15. The topological polar surface area (TPSA) is 58.6 Å². The predicted octanol–water partition coefficient (Wildman–Crippen LogP) is 3.14. The number of nitrogens with zero attached hydrogens (tertiary/aromatic N) is 1. The molecule has 2 aromatic rings. The molecule has 0 aliphatic heterocycles. The lowest BCUT2D eigenvalue weighted by molar-refractivity contribution is -0.121. The Balaban J connectivity index is 1.80. The molecule has 0 saturated carbocycles. The first-order valence-corrected chi connectivity index (χ1v) is 9.03. The molecule has 5 nitrogen and oxygen atoms in total. The van der Waals surface area contributed by atoms with E-state index in [9.17, 15) is 9.59 Å². The van der Waals surface area contributed by atoms with Crippen molar-refractivity contribution in [3.05, 3.63) is 52.2 Å². The van der Waals surface area contributed by atoms with E-state index in [1.807, 2.05) is 25.5 Å². The fraction of sp³-hybridized carbons (Fsp3) is 0.368. The van der Waals surface area contributed by atoms with E-state index >= 15 is 0 Å². The van der Waals surface area contributed by atoms with Crippen LogP contribution in [0.5, 0.6) is 5.75 Å². The Bertz CT molecular complexity index is 681. The molecule has 2 rings (SSSR count). The van der Waals surface area contributed by atoms with Gasteiger partial charge in [-0.05, 0) is 49.8 Å². The number of Topliss-reactive ketones (excluding diaryl/α,β-unsaturated/α-hetero) is 1. The summed E-state index contributed by atoms with van der Waals surface area (Å²) in [5, 5.41) is 4.96. The maximum atomic E-state index is 12.2. The van der Waals surface area contributed by atoms with Crippen molar-refractivity contribution in [2.75, 3.05) is 27.7 Å². The van der Waals surface area contributed by atoms with E-state index in [1.54, 1.807) is 42.7 Å². The molecule has 6 heteroatoms. The standard InChI is InChI=1S/C19H24N2O3S/c1-21(2)16(18-5-4-12-25-18)13-20-19(23)11-10-17(22)14-6-8-15(24-3)9-7-14/h4-9,12,16H,10-11,13H2,1-3H3,(H,20,23). The largest absolute Gasteiger partial charge is 0.497 e. The molecule has 1 N–H and O–H groups in total. The van der Waals surface area contributed by atoms with Gasteiger partial charge >= 0.3 is 0 Å². The third kappa shape index (κ3) is 5.69. The van der Waals surface area contributed by atoms with Gasteiger partial charge < -0.3 is 15.0 Å². The van der Waals surface area contributed by atoms with Crippen molar-refractivity contribution in [1.82, 2.24) is 10.2 Å². The van der Waals surface area contributed by atoms with E-state index in [2.05, 4.69) is 16.3 Å². The van der Waals surface area contributed by atoms with Gasteiger partial charge in [-0.25, -0.2) is 0 Å². The van der Waals surface area contributed by atoms with Gasteiger partial charge in [0.1, 0.15) is 5.75 Å². The van der Waals surface area contributed by atoms with Crippen LogP contribution in [-0.4, -0.2) is 44.3 Å². The molecule has 1 amide bonds. The lowest BCUT2D eigenvalue weighted by Gasteiger charge is -2.23. The normalized spacial score (nSPS) is 12.0. The highest BCUT2D eigenvalue weighted by Gasteiger charge is 2.16. The molecular formula is C19H24N2O3S. The number of benzene rings is 1. The van der Waals surface area contributed by atoms with Crippen molar-refractivity contribution >= 4 is 23.0 Å². The first-order chi connectivity index (χ1) is 12.0. The zero-order chi connectivity index (χ0) is 18.2. The van der Waals surface area contributed by atoms with Crippen molar-refractivity contribution < 1.29 is 14.3 Å². The highest BCUT2D eigenvalue weighted by Crippen LogP contribution is 2.22. The minimum atomic E-state index is -0.106. The second-order valence-corrected chi connectivity index (χ2v) is 6.93. The number of methoxy groups -OCH3 is 1. The molecule has 0 aliphatic rings. The second-order valence-electron chi connectivity index (χ2n) is 5.95. The van der Waals surface area contributed by atoms with Gasteiger partial charge in [0.25, 0.3) is 0 Å². The van der Waals surface area contributed by atoms with Crippen molar-refractivity contribution in [3.63, 3.8) is 0 Å². The number of rotatable bonds is 9. The summed E-state index contributed by atoms with van der Waals surface area (Å²) in [5.74, 6) is 0.558. The van der Waals surface area contributed by atoms with E-state index < -0.39 is 0 Å². The van der Waals surface area contributed by atoms with Crippen molar-refractivity contribution in [1.29, 1.82) is 0 Å². The predicted molar refractivity (Wildman–Crippen MR) is 100 cm³/mol. The molecule has 0 saturated heterocycles. The third-order valence-corrected chi connectivity index (χ3v) is 4.95. The maximum Gasteiger partial charge on any atom is 0.220 e. The summed E-state index contributed by atoms with van der Waals surface area (Å²) in [4.78, 5) is 27.5. The van der Waals surface area contributed by atoms with Crippen molar-refractivity contribution in [2.45, 2.75) is 18.9 Å². The zero-order valence-corrected chi connectivity index (χ0v) is 15.6. The average Bonchev–Trinajstić information content (AvgIpc) is 3.14. The zero-order valence-electron chi connectivity index (χ0n) is 14.8. The number of thiophene rings is 1. The molecule has 1 aromatic carbocycles. The third-order valence-electron chi connectivity index (χ3n) is 3.98. The van der Waals surface area contributed by atoms with E-state index in [0.717, 1.165) is 0 Å². The van der Waals surface area contributed by atoms with Crippen molar-refractivity contribution in [3.8, 4) is 5.75 Å². The Morgan fingerprint density at radius 3 is 2.44 bits per heavy atom. The summed E-state index contributed by atoms with van der Waals surface area (Å²) in [5.41, 5.74) is 0.596. The molecule has 0 fully saturated rings. The Hall–Kier alpha value is -2.18. The number of ether oxygens (including phenoxy) is 1. The molecule has 1 aromatic heterocycles. The van der Waals surface area contributed by atoms with E-state index in [4.69, 9.17) is 4.74 Å². The van der Waals surface area contributed by atoms with Gasteiger partial charge in [-0.2, -0.15) is 0 Å². The Morgan fingerprint density at radius 2 is 1.88 bits per heavy atom. The molecule has 1 unspecified atom stereocenters. The number of hydrogen-bond acceptors (Lipinski definition) is 5. The SMILES string of the molecule is COc1ccc(C(=O)CCC(=O)NCC(c2cccs2)N(C)C)cc1. The van der Waals surface area contributed by atoms with Crippen LogP contribution in [0.3, 0.4) is 0 Å². The molecule has 134 valence electrons. The highest BCUT2D eigenvalue weighted by atomic mass is 32.1. The van der Waals surface area contributed by atoms with Crippen LogP contribution in [0, 0.1) is 0 Å². The molecule has 0 radical (unpaired) electrons. The van der Waals surface area contributed by atoms with Crippen LogP contribution in [0.4, 0.5) is 0 Å². The fourth-order valence-corrected chi connectivity index (χ4v) is 3.39. The van der Waals surface area contributed by atoms with Crippen LogP contribution < -0.4 is 10.1 Å². The van der Waals surface area contributed by atoms with Gasteiger partial charge in [0.05, 0.1) is 13.2 Å².